The molecule has 1 spiro atoms. The number of aryl methyl sites for hydroxylation is 1. The lowest BCUT2D eigenvalue weighted by molar-refractivity contribution is -0.127. The maximum absolute atomic E-state index is 14.4. The number of fused-ring (bicyclic) bond motifs is 4. The molecular formula is C28H26N2O3S. The predicted octanol–water partition coefficient (Wildman–Crippen LogP) is 4.82. The Bertz CT molecular complexity index is 1280. The standard InChI is InChI=1S/C28H26N2O3S/c1-17-8-10-19(11-9-17)26(31)25-24(18-6-4-3-5-7-18)23-15-34-16-30(23)28(25)21-14-20(33-2)12-13-22(21)29-27(28)32/h3-14,23-25H,15-16H2,1-2H3,(H,29,32)/t23-,24-,25+,28+/m0/s1. The van der Waals surface area contributed by atoms with E-state index in [1.807, 2.05) is 79.3 Å². The highest BCUT2D eigenvalue weighted by Crippen LogP contribution is 2.61. The van der Waals surface area contributed by atoms with E-state index in [-0.39, 0.29) is 23.7 Å². The van der Waals surface area contributed by atoms with Crippen molar-refractivity contribution in [1.29, 1.82) is 0 Å². The first-order chi connectivity index (χ1) is 16.6. The largest absolute Gasteiger partial charge is 0.497 e. The molecule has 3 aliphatic rings. The first-order valence-corrected chi connectivity index (χ1v) is 12.7. The van der Waals surface area contributed by atoms with E-state index in [2.05, 4.69) is 22.3 Å². The van der Waals surface area contributed by atoms with Gasteiger partial charge >= 0.3 is 0 Å². The van der Waals surface area contributed by atoms with Gasteiger partial charge in [0.15, 0.2) is 5.78 Å². The van der Waals surface area contributed by atoms with Gasteiger partial charge in [-0.25, -0.2) is 0 Å². The number of ether oxygens (including phenoxy) is 1. The highest BCUT2D eigenvalue weighted by atomic mass is 32.2. The van der Waals surface area contributed by atoms with Crippen molar-refractivity contribution < 1.29 is 14.3 Å². The predicted molar refractivity (Wildman–Crippen MR) is 134 cm³/mol. The summed E-state index contributed by atoms with van der Waals surface area (Å²) in [5.74, 6) is 1.50. The first-order valence-electron chi connectivity index (χ1n) is 11.6. The van der Waals surface area contributed by atoms with Crippen LogP contribution in [0.15, 0.2) is 72.8 Å². The molecule has 4 atom stereocenters. The van der Waals surface area contributed by atoms with Gasteiger partial charge in [-0.05, 0) is 30.7 Å². The van der Waals surface area contributed by atoms with Crippen LogP contribution in [0.4, 0.5) is 5.69 Å². The maximum Gasteiger partial charge on any atom is 0.250 e. The SMILES string of the molecule is COc1ccc2c(c1)[C@]1(C(=O)N2)[C@@H](C(=O)c2ccc(C)cc2)[C@@H](c2ccccc2)[C@@H]2CSCN21. The zero-order valence-corrected chi connectivity index (χ0v) is 20.0. The highest BCUT2D eigenvalue weighted by molar-refractivity contribution is 7.99. The number of hydrogen-bond acceptors (Lipinski definition) is 5. The van der Waals surface area contributed by atoms with Crippen LogP contribution in [0.2, 0.25) is 0 Å². The molecule has 3 aliphatic heterocycles. The van der Waals surface area contributed by atoms with Gasteiger partial charge in [0.05, 0.1) is 13.0 Å². The third kappa shape index (κ3) is 2.91. The molecule has 1 N–H and O–H groups in total. The van der Waals surface area contributed by atoms with Crippen LogP contribution in [0.5, 0.6) is 5.75 Å². The van der Waals surface area contributed by atoms with Crippen molar-refractivity contribution in [3.63, 3.8) is 0 Å². The van der Waals surface area contributed by atoms with Gasteiger partial charge in [0.2, 0.25) is 5.91 Å². The van der Waals surface area contributed by atoms with Crippen molar-refractivity contribution in [2.45, 2.75) is 24.4 Å². The van der Waals surface area contributed by atoms with Crippen molar-refractivity contribution in [2.24, 2.45) is 5.92 Å². The Kier molecular flexibility index (Phi) is 5.04. The number of carbonyl (C=O) groups excluding carboxylic acids is 2. The maximum atomic E-state index is 14.4. The van der Waals surface area contributed by atoms with Crippen molar-refractivity contribution in [3.05, 3.63) is 95.1 Å². The molecule has 0 radical (unpaired) electrons. The Morgan fingerprint density at radius 3 is 2.59 bits per heavy atom. The minimum Gasteiger partial charge on any atom is -0.497 e. The zero-order valence-electron chi connectivity index (χ0n) is 19.2. The second-order valence-corrected chi connectivity index (χ2v) is 10.3. The molecule has 6 heteroatoms. The lowest BCUT2D eigenvalue weighted by Crippen LogP contribution is -2.52. The average molecular weight is 471 g/mol. The number of amides is 1. The number of carbonyl (C=O) groups is 2. The van der Waals surface area contributed by atoms with Crippen molar-refractivity contribution in [1.82, 2.24) is 4.90 Å². The molecule has 2 fully saturated rings. The summed E-state index contributed by atoms with van der Waals surface area (Å²) in [4.78, 5) is 30.7. The van der Waals surface area contributed by atoms with Gasteiger partial charge in [-0.2, -0.15) is 0 Å². The summed E-state index contributed by atoms with van der Waals surface area (Å²) < 4.78 is 5.55. The molecule has 3 aromatic carbocycles. The number of rotatable bonds is 4. The molecule has 0 unspecified atom stereocenters. The number of Topliss-reactive ketones (excluding diaryl/α,β-unsaturated/α-hetero) is 1. The van der Waals surface area contributed by atoms with Crippen LogP contribution in [-0.4, -0.2) is 41.4 Å². The molecular weight excluding hydrogens is 444 g/mol. The van der Waals surface area contributed by atoms with Gasteiger partial charge in [-0.3, -0.25) is 14.5 Å². The van der Waals surface area contributed by atoms with E-state index in [9.17, 15) is 9.59 Å². The molecule has 0 aliphatic carbocycles. The minimum atomic E-state index is -1.08. The van der Waals surface area contributed by atoms with E-state index in [0.717, 1.165) is 28.1 Å². The number of nitrogens with one attached hydrogen (secondary N) is 1. The third-order valence-corrected chi connectivity index (χ3v) is 8.67. The van der Waals surface area contributed by atoms with Gasteiger partial charge in [-0.1, -0.05) is 60.2 Å². The van der Waals surface area contributed by atoms with Crippen molar-refractivity contribution in [2.75, 3.05) is 24.1 Å². The molecule has 3 aromatic rings. The summed E-state index contributed by atoms with van der Waals surface area (Å²) in [5, 5.41) is 3.11. The summed E-state index contributed by atoms with van der Waals surface area (Å²) in [6.07, 6.45) is 0. The number of hydrogen-bond donors (Lipinski definition) is 1. The van der Waals surface area contributed by atoms with Gasteiger partial charge in [0.25, 0.3) is 0 Å². The molecule has 3 heterocycles. The van der Waals surface area contributed by atoms with E-state index in [1.54, 1.807) is 7.11 Å². The second kappa shape index (κ2) is 8.00. The van der Waals surface area contributed by atoms with Gasteiger partial charge < -0.3 is 10.1 Å². The molecule has 172 valence electrons. The molecule has 34 heavy (non-hydrogen) atoms. The quantitative estimate of drug-likeness (QED) is 0.554. The van der Waals surface area contributed by atoms with Crippen LogP contribution in [0.1, 0.15) is 33.0 Å². The lowest BCUT2D eigenvalue weighted by atomic mass is 9.69. The number of ketones is 1. The Morgan fingerprint density at radius 2 is 1.85 bits per heavy atom. The van der Waals surface area contributed by atoms with Gasteiger partial charge in [-0.15, -0.1) is 11.8 Å². The van der Waals surface area contributed by atoms with Crippen LogP contribution >= 0.6 is 11.8 Å². The summed E-state index contributed by atoms with van der Waals surface area (Å²) in [6, 6.07) is 23.7. The topological polar surface area (TPSA) is 58.6 Å². The fourth-order valence-corrected chi connectivity index (χ4v) is 7.45. The fraction of sp³-hybridized carbons (Fsp3) is 0.286. The summed E-state index contributed by atoms with van der Waals surface area (Å²) >= 11 is 1.83. The molecule has 0 saturated carbocycles. The van der Waals surface area contributed by atoms with Crippen LogP contribution in [0.25, 0.3) is 0 Å². The Hall–Kier alpha value is -3.09. The third-order valence-electron chi connectivity index (χ3n) is 7.63. The molecule has 1 amide bonds. The number of methoxy groups -OCH3 is 1. The van der Waals surface area contributed by atoms with Crippen molar-refractivity contribution in [3.8, 4) is 5.75 Å². The van der Waals surface area contributed by atoms with E-state index in [1.165, 1.54) is 0 Å². The van der Waals surface area contributed by atoms with Gasteiger partial charge in [0, 0.05) is 40.4 Å². The van der Waals surface area contributed by atoms with E-state index in [0.29, 0.717) is 17.2 Å². The Labute approximate surface area is 203 Å². The normalized spacial score (nSPS) is 27.5. The van der Waals surface area contributed by atoms with Crippen LogP contribution < -0.4 is 10.1 Å². The van der Waals surface area contributed by atoms with Gasteiger partial charge in [0.1, 0.15) is 11.3 Å². The van der Waals surface area contributed by atoms with Crippen LogP contribution in [0.3, 0.4) is 0 Å². The number of benzene rings is 3. The second-order valence-electron chi connectivity index (χ2n) is 9.31. The van der Waals surface area contributed by atoms with E-state index >= 15 is 0 Å². The smallest absolute Gasteiger partial charge is 0.250 e. The molecule has 2 saturated heterocycles. The fourth-order valence-electron chi connectivity index (χ4n) is 6.13. The number of anilines is 1. The lowest BCUT2D eigenvalue weighted by Gasteiger charge is -2.36. The number of thioether (sulfide) groups is 1. The summed E-state index contributed by atoms with van der Waals surface area (Å²) in [5.41, 5.74) is 3.37. The van der Waals surface area contributed by atoms with Crippen LogP contribution in [-0.2, 0) is 10.3 Å². The van der Waals surface area contributed by atoms with Crippen molar-refractivity contribution >= 4 is 29.1 Å². The van der Waals surface area contributed by atoms with E-state index in [4.69, 9.17) is 4.74 Å². The Balaban J connectivity index is 1.62. The highest BCUT2D eigenvalue weighted by Gasteiger charge is 2.69. The monoisotopic (exact) mass is 470 g/mol. The summed E-state index contributed by atoms with van der Waals surface area (Å²) in [7, 11) is 1.63. The first kappa shape index (κ1) is 21.4. The average Bonchev–Trinajstić information content (AvgIpc) is 3.52. The summed E-state index contributed by atoms with van der Waals surface area (Å²) in [6.45, 7) is 2.01. The molecule has 0 bridgehead atoms. The zero-order chi connectivity index (χ0) is 23.4. The molecule has 0 aromatic heterocycles. The van der Waals surface area contributed by atoms with E-state index < -0.39 is 11.5 Å². The minimum absolute atomic E-state index is 0.0130. The Morgan fingerprint density at radius 1 is 1.09 bits per heavy atom. The molecule has 5 nitrogen and oxygen atoms in total. The molecule has 6 rings (SSSR count). The van der Waals surface area contributed by atoms with Crippen LogP contribution in [0, 0.1) is 12.8 Å². The number of nitrogens with zero attached hydrogens (tertiary/aromatic N) is 1.